The van der Waals surface area contributed by atoms with Gasteiger partial charge in [0.1, 0.15) is 0 Å². The normalized spacial score (nSPS) is 49.1. The second-order valence-electron chi connectivity index (χ2n) is 7.72. The predicted molar refractivity (Wildman–Crippen MR) is 79.5 cm³/mol. The van der Waals surface area contributed by atoms with Crippen LogP contribution in [0.15, 0.2) is 0 Å². The minimum Gasteiger partial charge on any atom is -0.390 e. The van der Waals surface area contributed by atoms with E-state index in [1.807, 2.05) is 0 Å². The average molecular weight is 286 g/mol. The summed E-state index contributed by atoms with van der Waals surface area (Å²) in [4.78, 5) is 0. The van der Waals surface area contributed by atoms with Gasteiger partial charge < -0.3 is 10.4 Å². The molecule has 0 spiro atoms. The van der Waals surface area contributed by atoms with Crippen LogP contribution in [0.5, 0.6) is 0 Å². The average Bonchev–Trinajstić information content (AvgIpc) is 2.33. The Balaban J connectivity index is 0.00000110. The van der Waals surface area contributed by atoms with E-state index in [1.165, 1.54) is 44.9 Å². The van der Waals surface area contributed by atoms with E-state index >= 15 is 0 Å². The molecule has 5 aliphatic rings. The highest BCUT2D eigenvalue weighted by atomic mass is 35.5. The lowest BCUT2D eigenvalue weighted by Crippen LogP contribution is -2.62. The summed E-state index contributed by atoms with van der Waals surface area (Å²) in [6, 6.07) is 1.53. The molecule has 110 valence electrons. The Morgan fingerprint density at radius 3 is 2.11 bits per heavy atom. The number of aliphatic hydroxyl groups is 1. The van der Waals surface area contributed by atoms with Crippen LogP contribution < -0.4 is 5.32 Å². The first kappa shape index (κ1) is 14.2. The van der Waals surface area contributed by atoms with Crippen LogP contribution in [0.4, 0.5) is 0 Å². The zero-order valence-corrected chi connectivity index (χ0v) is 12.6. The minimum absolute atomic E-state index is 0. The molecule has 0 aromatic heterocycles. The van der Waals surface area contributed by atoms with Gasteiger partial charge >= 0.3 is 0 Å². The lowest BCUT2D eigenvalue weighted by atomic mass is 9.52. The molecule has 5 saturated carbocycles. The van der Waals surface area contributed by atoms with Crippen molar-refractivity contribution in [3.63, 3.8) is 0 Å². The van der Waals surface area contributed by atoms with Crippen LogP contribution in [0.2, 0.25) is 0 Å². The van der Waals surface area contributed by atoms with Gasteiger partial charge in [-0.1, -0.05) is 19.3 Å². The smallest absolute Gasteiger partial charge is 0.0657 e. The van der Waals surface area contributed by atoms with Gasteiger partial charge in [0, 0.05) is 12.1 Å². The maximum absolute atomic E-state index is 10.6. The lowest BCUT2D eigenvalue weighted by molar-refractivity contribution is -0.140. The van der Waals surface area contributed by atoms with Crippen molar-refractivity contribution < 1.29 is 5.11 Å². The first-order valence-electron chi connectivity index (χ1n) is 8.20. The van der Waals surface area contributed by atoms with E-state index in [4.69, 9.17) is 0 Å². The summed E-state index contributed by atoms with van der Waals surface area (Å²) >= 11 is 0. The molecule has 0 heterocycles. The topological polar surface area (TPSA) is 32.3 Å². The molecule has 2 nitrogen and oxygen atoms in total. The molecule has 0 aliphatic heterocycles. The van der Waals surface area contributed by atoms with Gasteiger partial charge in [-0.25, -0.2) is 0 Å². The highest BCUT2D eigenvalue weighted by Crippen LogP contribution is 2.55. The lowest BCUT2D eigenvalue weighted by Gasteiger charge is -2.58. The summed E-state index contributed by atoms with van der Waals surface area (Å²) in [5, 5.41) is 14.6. The first-order chi connectivity index (χ1) is 8.72. The van der Waals surface area contributed by atoms with E-state index in [0.29, 0.717) is 0 Å². The van der Waals surface area contributed by atoms with Gasteiger partial charge in [0.15, 0.2) is 0 Å². The molecule has 2 unspecified atom stereocenters. The zero-order valence-electron chi connectivity index (χ0n) is 11.8. The summed E-state index contributed by atoms with van der Waals surface area (Å²) in [7, 11) is 0. The van der Waals surface area contributed by atoms with Crippen molar-refractivity contribution >= 4 is 12.4 Å². The molecule has 0 aromatic carbocycles. The van der Waals surface area contributed by atoms with E-state index in [1.54, 1.807) is 0 Å². The van der Waals surface area contributed by atoms with Crippen molar-refractivity contribution in [3.8, 4) is 0 Å². The summed E-state index contributed by atoms with van der Waals surface area (Å²) in [6.07, 6.45) is 13.1. The Hall–Kier alpha value is 0.210. The predicted octanol–water partition coefficient (Wildman–Crippen LogP) is 3.27. The van der Waals surface area contributed by atoms with Crippen LogP contribution in [0.25, 0.3) is 0 Å². The fourth-order valence-corrected chi connectivity index (χ4v) is 5.79. The van der Waals surface area contributed by atoms with Gasteiger partial charge in [0.2, 0.25) is 0 Å². The van der Waals surface area contributed by atoms with Gasteiger partial charge in [-0.15, -0.1) is 12.4 Å². The van der Waals surface area contributed by atoms with Crippen LogP contribution >= 0.6 is 12.4 Å². The molecule has 0 saturated heterocycles. The van der Waals surface area contributed by atoms with Crippen LogP contribution in [-0.4, -0.2) is 22.8 Å². The monoisotopic (exact) mass is 285 g/mol. The Labute approximate surface area is 123 Å². The fraction of sp³-hybridized carbons (Fsp3) is 1.00. The van der Waals surface area contributed by atoms with Crippen LogP contribution in [0.3, 0.4) is 0 Å². The number of hydrogen-bond donors (Lipinski definition) is 2. The highest BCUT2D eigenvalue weighted by molar-refractivity contribution is 5.85. The molecular formula is C16H28ClNO. The third-order valence-electron chi connectivity index (χ3n) is 6.27. The van der Waals surface area contributed by atoms with E-state index in [9.17, 15) is 5.11 Å². The maximum atomic E-state index is 10.6. The van der Waals surface area contributed by atoms with Crippen molar-refractivity contribution in [1.29, 1.82) is 0 Å². The Kier molecular flexibility index (Phi) is 3.87. The molecule has 0 radical (unpaired) electrons. The van der Waals surface area contributed by atoms with E-state index in [2.05, 4.69) is 5.32 Å². The minimum atomic E-state index is -0.263. The van der Waals surface area contributed by atoms with Crippen molar-refractivity contribution in [2.75, 3.05) is 0 Å². The van der Waals surface area contributed by atoms with Crippen molar-refractivity contribution in [3.05, 3.63) is 0 Å². The summed E-state index contributed by atoms with van der Waals surface area (Å²) < 4.78 is 0. The molecule has 0 amide bonds. The van der Waals surface area contributed by atoms with Gasteiger partial charge in [-0.3, -0.25) is 0 Å². The molecule has 2 atom stereocenters. The SMILES string of the molecule is Cl.OC12CC3CC(C1)C(NC1CCCCC1)C(C3)C2. The molecule has 2 N–H and O–H groups in total. The molecule has 5 fully saturated rings. The largest absolute Gasteiger partial charge is 0.390 e. The Morgan fingerprint density at radius 1 is 0.895 bits per heavy atom. The van der Waals surface area contributed by atoms with Crippen molar-refractivity contribution in [2.24, 2.45) is 17.8 Å². The van der Waals surface area contributed by atoms with Crippen LogP contribution in [-0.2, 0) is 0 Å². The van der Waals surface area contributed by atoms with Gasteiger partial charge in [0.05, 0.1) is 5.60 Å². The second kappa shape index (κ2) is 5.20. The van der Waals surface area contributed by atoms with Gasteiger partial charge in [0.25, 0.3) is 0 Å². The molecule has 19 heavy (non-hydrogen) atoms. The zero-order chi connectivity index (χ0) is 12.2. The summed E-state index contributed by atoms with van der Waals surface area (Å²) in [5.41, 5.74) is -0.263. The van der Waals surface area contributed by atoms with Gasteiger partial charge in [-0.2, -0.15) is 0 Å². The number of nitrogens with one attached hydrogen (secondary N) is 1. The van der Waals surface area contributed by atoms with E-state index in [0.717, 1.165) is 49.1 Å². The third-order valence-corrected chi connectivity index (χ3v) is 6.27. The van der Waals surface area contributed by atoms with Crippen LogP contribution in [0.1, 0.15) is 64.2 Å². The van der Waals surface area contributed by atoms with Crippen molar-refractivity contribution in [2.45, 2.75) is 81.9 Å². The number of halogens is 1. The molecule has 5 aliphatic carbocycles. The van der Waals surface area contributed by atoms with E-state index < -0.39 is 0 Å². The highest BCUT2D eigenvalue weighted by Gasteiger charge is 2.54. The molecule has 0 aromatic rings. The Bertz CT molecular complexity index is 313. The molecule has 5 rings (SSSR count). The number of hydrogen-bond acceptors (Lipinski definition) is 2. The van der Waals surface area contributed by atoms with E-state index in [-0.39, 0.29) is 18.0 Å². The van der Waals surface area contributed by atoms with Gasteiger partial charge in [-0.05, 0) is 62.7 Å². The molecule has 4 bridgehead atoms. The maximum Gasteiger partial charge on any atom is 0.0657 e. The van der Waals surface area contributed by atoms with Crippen molar-refractivity contribution in [1.82, 2.24) is 5.32 Å². The molecule has 3 heteroatoms. The second-order valence-corrected chi connectivity index (χ2v) is 7.72. The first-order valence-corrected chi connectivity index (χ1v) is 8.20. The summed E-state index contributed by atoms with van der Waals surface area (Å²) in [6.45, 7) is 0. The fourth-order valence-electron chi connectivity index (χ4n) is 5.79. The molecular weight excluding hydrogens is 258 g/mol. The number of rotatable bonds is 2. The quantitative estimate of drug-likeness (QED) is 0.816. The summed E-state index contributed by atoms with van der Waals surface area (Å²) in [5.74, 6) is 2.41. The Morgan fingerprint density at radius 2 is 1.53 bits per heavy atom. The van der Waals surface area contributed by atoms with Crippen LogP contribution in [0, 0.1) is 17.8 Å². The standard InChI is InChI=1S/C16H27NO.ClH/c18-16-8-11-6-12(9-16)15(13(7-11)10-16)17-14-4-2-1-3-5-14;/h11-15,17-18H,1-10H2;1H. The third kappa shape index (κ3) is 2.56.